The van der Waals surface area contributed by atoms with Crippen molar-refractivity contribution < 1.29 is 19.1 Å². The summed E-state index contributed by atoms with van der Waals surface area (Å²) in [5.41, 5.74) is 1.85. The highest BCUT2D eigenvalue weighted by Crippen LogP contribution is 2.37. The van der Waals surface area contributed by atoms with Crippen molar-refractivity contribution in [3.63, 3.8) is 0 Å². The monoisotopic (exact) mass is 410 g/mol. The molecule has 158 valence electrons. The maximum Gasteiger partial charge on any atom is 0.255 e. The van der Waals surface area contributed by atoms with Crippen LogP contribution >= 0.6 is 0 Å². The number of piperidine rings is 1. The molecule has 1 fully saturated rings. The third kappa shape index (κ3) is 3.77. The fraction of sp³-hybridized carbons (Fsp3) is 0.409. The molecule has 0 bridgehead atoms. The smallest absolute Gasteiger partial charge is 0.255 e. The predicted molar refractivity (Wildman–Crippen MR) is 113 cm³/mol. The van der Waals surface area contributed by atoms with Gasteiger partial charge in [-0.05, 0) is 37.5 Å². The summed E-state index contributed by atoms with van der Waals surface area (Å²) in [6.07, 6.45) is 4.88. The summed E-state index contributed by atoms with van der Waals surface area (Å²) >= 11 is 0. The molecule has 1 aromatic carbocycles. The van der Waals surface area contributed by atoms with Gasteiger partial charge in [0.05, 0.1) is 24.8 Å². The van der Waals surface area contributed by atoms with Crippen LogP contribution in [0.1, 0.15) is 40.0 Å². The van der Waals surface area contributed by atoms with Crippen LogP contribution in [-0.2, 0) is 0 Å². The van der Waals surface area contributed by atoms with Crippen LogP contribution in [0.3, 0.4) is 0 Å². The number of anilines is 2. The van der Waals surface area contributed by atoms with E-state index in [9.17, 15) is 9.59 Å². The molecule has 2 amide bonds. The molecule has 1 N–H and O–H groups in total. The van der Waals surface area contributed by atoms with E-state index in [2.05, 4.69) is 10.3 Å². The summed E-state index contributed by atoms with van der Waals surface area (Å²) in [7, 11) is 3.12. The Morgan fingerprint density at radius 2 is 1.93 bits per heavy atom. The van der Waals surface area contributed by atoms with E-state index in [-0.39, 0.29) is 11.8 Å². The van der Waals surface area contributed by atoms with Crippen molar-refractivity contribution in [1.82, 2.24) is 15.2 Å². The molecule has 0 radical (unpaired) electrons. The van der Waals surface area contributed by atoms with Crippen LogP contribution in [-0.4, -0.2) is 62.1 Å². The molecule has 2 aliphatic rings. The summed E-state index contributed by atoms with van der Waals surface area (Å²) < 4.78 is 11.2. The van der Waals surface area contributed by atoms with E-state index in [4.69, 9.17) is 9.47 Å². The number of carbonyl (C=O) groups excluding carboxylic acids is 2. The lowest BCUT2D eigenvalue weighted by molar-refractivity contribution is 0.0723. The van der Waals surface area contributed by atoms with Gasteiger partial charge < -0.3 is 24.6 Å². The Kier molecular flexibility index (Phi) is 5.74. The van der Waals surface area contributed by atoms with Crippen molar-refractivity contribution in [2.75, 3.05) is 45.3 Å². The van der Waals surface area contributed by atoms with Crippen LogP contribution in [0.5, 0.6) is 11.5 Å². The Balaban J connectivity index is 1.63. The Morgan fingerprint density at radius 1 is 1.13 bits per heavy atom. The molecule has 0 saturated carbocycles. The van der Waals surface area contributed by atoms with E-state index in [0.717, 1.165) is 31.6 Å². The van der Waals surface area contributed by atoms with Gasteiger partial charge in [0.25, 0.3) is 11.8 Å². The number of methoxy groups -OCH3 is 1. The Labute approximate surface area is 175 Å². The van der Waals surface area contributed by atoms with Crippen LogP contribution in [0.4, 0.5) is 11.5 Å². The van der Waals surface area contributed by atoms with Gasteiger partial charge in [-0.15, -0.1) is 0 Å². The number of pyridine rings is 1. The van der Waals surface area contributed by atoms with Crippen molar-refractivity contribution in [2.45, 2.75) is 19.3 Å². The average molecular weight is 410 g/mol. The summed E-state index contributed by atoms with van der Waals surface area (Å²) in [6, 6.07) is 7.18. The van der Waals surface area contributed by atoms with E-state index in [1.54, 1.807) is 25.4 Å². The van der Waals surface area contributed by atoms with Gasteiger partial charge in [-0.25, -0.2) is 4.98 Å². The number of fused-ring (bicyclic) bond motifs is 1. The fourth-order valence-corrected chi connectivity index (χ4v) is 3.92. The number of benzene rings is 1. The first-order valence-corrected chi connectivity index (χ1v) is 10.2. The Hall–Kier alpha value is -3.29. The minimum Gasteiger partial charge on any atom is -0.496 e. The largest absolute Gasteiger partial charge is 0.496 e. The molecular formula is C22H26N4O4. The van der Waals surface area contributed by atoms with Gasteiger partial charge in [0.15, 0.2) is 11.6 Å². The highest BCUT2D eigenvalue weighted by atomic mass is 16.5. The van der Waals surface area contributed by atoms with Gasteiger partial charge in [0.1, 0.15) is 12.4 Å². The summed E-state index contributed by atoms with van der Waals surface area (Å²) in [4.78, 5) is 33.3. The SMILES string of the molecule is CNC(=O)c1ccc(N2CCOc3cc(C(=O)N4CCCCC4)cnc32)cc1OC. The summed E-state index contributed by atoms with van der Waals surface area (Å²) in [6.45, 7) is 2.65. The zero-order valence-corrected chi connectivity index (χ0v) is 17.3. The molecule has 0 unspecified atom stereocenters. The van der Waals surface area contributed by atoms with Gasteiger partial charge in [0.2, 0.25) is 0 Å². The topological polar surface area (TPSA) is 84.0 Å². The number of amides is 2. The van der Waals surface area contributed by atoms with E-state index in [0.29, 0.717) is 41.6 Å². The number of nitrogens with zero attached hydrogens (tertiary/aromatic N) is 3. The van der Waals surface area contributed by atoms with Crippen LogP contribution in [0.25, 0.3) is 0 Å². The molecule has 1 saturated heterocycles. The minimum atomic E-state index is -0.209. The molecule has 3 heterocycles. The maximum absolute atomic E-state index is 12.8. The predicted octanol–water partition coefficient (Wildman–Crippen LogP) is 2.61. The zero-order chi connectivity index (χ0) is 21.1. The molecule has 2 aromatic rings. The van der Waals surface area contributed by atoms with Crippen LogP contribution in [0.2, 0.25) is 0 Å². The quantitative estimate of drug-likeness (QED) is 0.834. The number of nitrogens with one attached hydrogen (secondary N) is 1. The second kappa shape index (κ2) is 8.61. The number of aromatic nitrogens is 1. The summed E-state index contributed by atoms with van der Waals surface area (Å²) in [5.74, 6) is 1.50. The molecule has 0 aliphatic carbocycles. The lowest BCUT2D eigenvalue weighted by atomic mass is 10.1. The van der Waals surface area contributed by atoms with Crippen molar-refractivity contribution in [3.8, 4) is 11.5 Å². The highest BCUT2D eigenvalue weighted by molar-refractivity contribution is 5.97. The number of carbonyl (C=O) groups is 2. The molecule has 0 spiro atoms. The molecule has 8 heteroatoms. The minimum absolute atomic E-state index is 0.00215. The van der Waals surface area contributed by atoms with Crippen molar-refractivity contribution in [1.29, 1.82) is 0 Å². The Morgan fingerprint density at radius 3 is 2.67 bits per heavy atom. The Bertz CT molecular complexity index is 956. The second-order valence-electron chi connectivity index (χ2n) is 7.36. The molecule has 8 nitrogen and oxygen atoms in total. The zero-order valence-electron chi connectivity index (χ0n) is 17.3. The molecular weight excluding hydrogens is 384 g/mol. The van der Waals surface area contributed by atoms with Gasteiger partial charge in [-0.2, -0.15) is 0 Å². The van der Waals surface area contributed by atoms with E-state index in [1.165, 1.54) is 13.5 Å². The van der Waals surface area contributed by atoms with Gasteiger partial charge in [-0.3, -0.25) is 9.59 Å². The standard InChI is InChI=1S/C22H26N4O4/c1-23-21(27)17-7-6-16(13-18(17)29-2)26-10-11-30-19-12-15(14-24-20(19)26)22(28)25-8-4-3-5-9-25/h6-7,12-14H,3-5,8-11H2,1-2H3,(H,23,27). The molecule has 30 heavy (non-hydrogen) atoms. The third-order valence-corrected chi connectivity index (χ3v) is 5.52. The molecule has 4 rings (SSSR count). The lowest BCUT2D eigenvalue weighted by Crippen LogP contribution is -2.36. The van der Waals surface area contributed by atoms with Crippen LogP contribution in [0.15, 0.2) is 30.5 Å². The first-order chi connectivity index (χ1) is 14.6. The molecule has 1 aromatic heterocycles. The van der Waals surface area contributed by atoms with Gasteiger partial charge in [0, 0.05) is 38.1 Å². The van der Waals surface area contributed by atoms with Gasteiger partial charge >= 0.3 is 0 Å². The van der Waals surface area contributed by atoms with E-state index >= 15 is 0 Å². The molecule has 2 aliphatic heterocycles. The number of hydrogen-bond acceptors (Lipinski definition) is 6. The fourth-order valence-electron chi connectivity index (χ4n) is 3.92. The number of ether oxygens (including phenoxy) is 2. The van der Waals surface area contributed by atoms with Crippen molar-refractivity contribution in [3.05, 3.63) is 41.6 Å². The van der Waals surface area contributed by atoms with E-state index in [1.807, 2.05) is 21.9 Å². The second-order valence-corrected chi connectivity index (χ2v) is 7.36. The van der Waals surface area contributed by atoms with Crippen molar-refractivity contribution in [2.24, 2.45) is 0 Å². The number of hydrogen-bond donors (Lipinski definition) is 1. The highest BCUT2D eigenvalue weighted by Gasteiger charge is 2.26. The summed E-state index contributed by atoms with van der Waals surface area (Å²) in [5, 5.41) is 2.61. The molecule has 0 atom stereocenters. The van der Waals surface area contributed by atoms with Gasteiger partial charge in [-0.1, -0.05) is 0 Å². The number of rotatable bonds is 4. The normalized spacial score (nSPS) is 15.8. The first kappa shape index (κ1) is 20.0. The van der Waals surface area contributed by atoms with E-state index < -0.39 is 0 Å². The average Bonchev–Trinajstić information content (AvgIpc) is 2.82. The lowest BCUT2D eigenvalue weighted by Gasteiger charge is -2.31. The van der Waals surface area contributed by atoms with Crippen LogP contribution in [0, 0.1) is 0 Å². The van der Waals surface area contributed by atoms with Crippen LogP contribution < -0.4 is 19.7 Å². The number of likely N-dealkylation sites (tertiary alicyclic amines) is 1. The van der Waals surface area contributed by atoms with Crippen molar-refractivity contribution >= 4 is 23.3 Å². The third-order valence-electron chi connectivity index (χ3n) is 5.52. The first-order valence-electron chi connectivity index (χ1n) is 10.2. The maximum atomic E-state index is 12.8.